The fourth-order valence-corrected chi connectivity index (χ4v) is 4.85. The first kappa shape index (κ1) is 21.1. The Morgan fingerprint density at radius 2 is 2.13 bits per heavy atom. The topological polar surface area (TPSA) is 74.8 Å². The molecule has 0 bridgehead atoms. The first-order chi connectivity index (χ1) is 14.5. The van der Waals surface area contributed by atoms with Crippen LogP contribution in [0.4, 0.5) is 10.8 Å². The molecule has 1 aromatic heterocycles. The zero-order valence-corrected chi connectivity index (χ0v) is 18.5. The number of nitrogens with one attached hydrogen (secondary N) is 1. The van der Waals surface area contributed by atoms with E-state index in [1.807, 2.05) is 5.38 Å². The van der Waals surface area contributed by atoms with Gasteiger partial charge in [0.05, 0.1) is 24.4 Å². The van der Waals surface area contributed by atoms with E-state index < -0.39 is 5.92 Å². The predicted molar refractivity (Wildman–Crippen MR) is 118 cm³/mol. The van der Waals surface area contributed by atoms with Gasteiger partial charge in [0.15, 0.2) is 5.13 Å². The number of methoxy groups -OCH3 is 1. The number of carbonyl (C=O) groups excluding carboxylic acids is 2. The molecule has 0 saturated carbocycles. The smallest absolute Gasteiger partial charge is 0.231 e. The number of hydrogen-bond acceptors (Lipinski definition) is 6. The molecule has 1 aromatic carbocycles. The van der Waals surface area contributed by atoms with Crippen LogP contribution in [0, 0.1) is 5.92 Å². The summed E-state index contributed by atoms with van der Waals surface area (Å²) in [7, 11) is 1.54. The lowest BCUT2D eigenvalue weighted by Crippen LogP contribution is -2.29. The normalized spacial score (nSPS) is 19.9. The molecule has 30 heavy (non-hydrogen) atoms. The number of halogens is 1. The number of carbonyl (C=O) groups is 2. The van der Waals surface area contributed by atoms with Gasteiger partial charge in [-0.05, 0) is 44.1 Å². The van der Waals surface area contributed by atoms with Gasteiger partial charge in [-0.15, -0.1) is 11.3 Å². The summed E-state index contributed by atoms with van der Waals surface area (Å²) in [6.45, 7) is 3.31. The number of amides is 2. The van der Waals surface area contributed by atoms with E-state index >= 15 is 0 Å². The average Bonchev–Trinajstić information content (AvgIpc) is 3.35. The number of anilines is 2. The number of benzene rings is 1. The Hall–Kier alpha value is -2.16. The molecule has 9 heteroatoms. The van der Waals surface area contributed by atoms with E-state index in [-0.39, 0.29) is 24.8 Å². The molecule has 1 atom stereocenters. The number of aromatic nitrogens is 1. The van der Waals surface area contributed by atoms with E-state index in [9.17, 15) is 9.59 Å². The summed E-state index contributed by atoms with van der Waals surface area (Å²) in [5, 5.41) is 5.97. The molecule has 160 valence electrons. The van der Waals surface area contributed by atoms with E-state index in [1.165, 1.54) is 30.6 Å². The van der Waals surface area contributed by atoms with E-state index in [0.29, 0.717) is 21.6 Å². The Balaban J connectivity index is 1.38. The number of ether oxygens (including phenoxy) is 1. The molecule has 0 spiro atoms. The fourth-order valence-electron chi connectivity index (χ4n) is 3.98. The lowest BCUT2D eigenvalue weighted by Gasteiger charge is -2.25. The molecule has 3 heterocycles. The summed E-state index contributed by atoms with van der Waals surface area (Å²) in [5.74, 6) is -0.210. The van der Waals surface area contributed by atoms with Crippen LogP contribution < -0.4 is 15.0 Å². The minimum Gasteiger partial charge on any atom is -0.495 e. The van der Waals surface area contributed by atoms with Crippen LogP contribution in [-0.4, -0.2) is 48.4 Å². The maximum Gasteiger partial charge on any atom is 0.231 e. The van der Waals surface area contributed by atoms with Gasteiger partial charge in [0.2, 0.25) is 11.8 Å². The molecule has 0 radical (unpaired) electrons. The van der Waals surface area contributed by atoms with Crippen LogP contribution in [0.5, 0.6) is 5.75 Å². The highest BCUT2D eigenvalue weighted by Gasteiger charge is 2.36. The number of thiazole rings is 1. The third-order valence-corrected chi connectivity index (χ3v) is 6.59. The molecular formula is C21H25ClN4O3S. The second-order valence-corrected chi connectivity index (χ2v) is 8.99. The highest BCUT2D eigenvalue weighted by atomic mass is 35.5. The molecular weight excluding hydrogens is 424 g/mol. The number of rotatable bonds is 6. The highest BCUT2D eigenvalue weighted by molar-refractivity contribution is 7.13. The minimum atomic E-state index is -0.448. The zero-order chi connectivity index (χ0) is 21.1. The zero-order valence-electron chi connectivity index (χ0n) is 16.9. The Bertz CT molecular complexity index is 929. The molecule has 2 aliphatic rings. The van der Waals surface area contributed by atoms with Crippen molar-refractivity contribution in [3.63, 3.8) is 0 Å². The molecule has 2 amide bonds. The Labute approximate surface area is 185 Å². The third kappa shape index (κ3) is 4.77. The standard InChI is InChI=1S/C21H25ClN4O3S/c1-29-18-6-5-15(22)10-17(18)26-11-14(9-19(26)27)20(28)24-21-23-16(13-30-21)12-25-7-3-2-4-8-25/h5-6,10,13-14H,2-4,7-9,11-12H2,1H3,(H,23,24,28). The molecule has 1 N–H and O–H groups in total. The highest BCUT2D eigenvalue weighted by Crippen LogP contribution is 2.35. The summed E-state index contributed by atoms with van der Waals surface area (Å²) >= 11 is 7.52. The molecule has 2 aliphatic heterocycles. The molecule has 7 nitrogen and oxygen atoms in total. The average molecular weight is 449 g/mol. The second-order valence-electron chi connectivity index (χ2n) is 7.69. The first-order valence-electron chi connectivity index (χ1n) is 10.1. The summed E-state index contributed by atoms with van der Waals surface area (Å²) in [6.07, 6.45) is 3.91. The molecule has 0 aliphatic carbocycles. The lowest BCUT2D eigenvalue weighted by atomic mass is 10.1. The van der Waals surface area contributed by atoms with Gasteiger partial charge in [-0.3, -0.25) is 14.5 Å². The largest absolute Gasteiger partial charge is 0.495 e. The minimum absolute atomic E-state index is 0.124. The van der Waals surface area contributed by atoms with Gasteiger partial charge in [0, 0.05) is 29.9 Å². The summed E-state index contributed by atoms with van der Waals surface area (Å²) in [6, 6.07) is 5.11. The van der Waals surface area contributed by atoms with Crippen molar-refractivity contribution in [2.24, 2.45) is 5.92 Å². The van der Waals surface area contributed by atoms with E-state index in [0.717, 1.165) is 25.3 Å². The van der Waals surface area contributed by atoms with Crippen molar-refractivity contribution in [2.75, 3.05) is 37.0 Å². The van der Waals surface area contributed by atoms with E-state index in [4.69, 9.17) is 16.3 Å². The number of nitrogens with zero attached hydrogens (tertiary/aromatic N) is 3. The summed E-state index contributed by atoms with van der Waals surface area (Å²) in [4.78, 5) is 33.9. The molecule has 2 saturated heterocycles. The van der Waals surface area contributed by atoms with Crippen molar-refractivity contribution in [1.82, 2.24) is 9.88 Å². The van der Waals surface area contributed by atoms with Crippen molar-refractivity contribution in [3.05, 3.63) is 34.3 Å². The quantitative estimate of drug-likeness (QED) is 0.727. The van der Waals surface area contributed by atoms with Crippen molar-refractivity contribution < 1.29 is 14.3 Å². The van der Waals surface area contributed by atoms with E-state index in [2.05, 4.69) is 15.2 Å². The maximum atomic E-state index is 12.8. The van der Waals surface area contributed by atoms with Crippen molar-refractivity contribution >= 4 is 45.6 Å². The van der Waals surface area contributed by atoms with Gasteiger partial charge in [-0.1, -0.05) is 18.0 Å². The molecule has 2 fully saturated rings. The Kier molecular flexibility index (Phi) is 6.55. The van der Waals surface area contributed by atoms with Crippen LogP contribution in [0.3, 0.4) is 0 Å². The van der Waals surface area contributed by atoms with Gasteiger partial charge < -0.3 is 15.0 Å². The van der Waals surface area contributed by atoms with Crippen LogP contribution in [0.1, 0.15) is 31.4 Å². The maximum absolute atomic E-state index is 12.8. The van der Waals surface area contributed by atoms with Gasteiger partial charge in [0.25, 0.3) is 0 Å². The van der Waals surface area contributed by atoms with Crippen molar-refractivity contribution in [3.8, 4) is 5.75 Å². The third-order valence-electron chi connectivity index (χ3n) is 5.54. The monoisotopic (exact) mass is 448 g/mol. The van der Waals surface area contributed by atoms with Gasteiger partial charge in [0.1, 0.15) is 5.75 Å². The first-order valence-corrected chi connectivity index (χ1v) is 11.4. The number of likely N-dealkylation sites (tertiary alicyclic amines) is 1. The Morgan fingerprint density at radius 3 is 2.90 bits per heavy atom. The second kappa shape index (κ2) is 9.32. The number of piperidine rings is 1. The van der Waals surface area contributed by atoms with Crippen molar-refractivity contribution in [1.29, 1.82) is 0 Å². The number of hydrogen-bond donors (Lipinski definition) is 1. The predicted octanol–water partition coefficient (Wildman–Crippen LogP) is 3.78. The van der Waals surface area contributed by atoms with Gasteiger partial charge >= 0.3 is 0 Å². The molecule has 1 unspecified atom stereocenters. The SMILES string of the molecule is COc1ccc(Cl)cc1N1CC(C(=O)Nc2nc(CN3CCCCC3)cs2)CC1=O. The lowest BCUT2D eigenvalue weighted by molar-refractivity contribution is -0.122. The van der Waals surface area contributed by atoms with Crippen LogP contribution in [0.25, 0.3) is 0 Å². The summed E-state index contributed by atoms with van der Waals surface area (Å²) < 4.78 is 5.35. The Morgan fingerprint density at radius 1 is 1.33 bits per heavy atom. The van der Waals surface area contributed by atoms with E-state index in [1.54, 1.807) is 30.2 Å². The van der Waals surface area contributed by atoms with Crippen LogP contribution >= 0.6 is 22.9 Å². The molecule has 4 rings (SSSR count). The fraction of sp³-hybridized carbons (Fsp3) is 0.476. The van der Waals surface area contributed by atoms with Gasteiger partial charge in [-0.25, -0.2) is 4.98 Å². The van der Waals surface area contributed by atoms with Crippen LogP contribution in [-0.2, 0) is 16.1 Å². The van der Waals surface area contributed by atoms with Crippen LogP contribution in [0.15, 0.2) is 23.6 Å². The van der Waals surface area contributed by atoms with Crippen molar-refractivity contribution in [2.45, 2.75) is 32.2 Å². The molecule has 2 aromatic rings. The summed E-state index contributed by atoms with van der Waals surface area (Å²) in [5.41, 5.74) is 1.56. The van der Waals surface area contributed by atoms with Crippen LogP contribution in [0.2, 0.25) is 5.02 Å². The van der Waals surface area contributed by atoms with Gasteiger partial charge in [-0.2, -0.15) is 0 Å².